The van der Waals surface area contributed by atoms with Crippen LogP contribution in [0.1, 0.15) is 31.7 Å². The van der Waals surface area contributed by atoms with Gasteiger partial charge in [-0.15, -0.1) is 0 Å². The molecule has 0 aromatic heterocycles. The molecule has 2 aliphatic rings. The Morgan fingerprint density at radius 3 is 2.89 bits per heavy atom. The van der Waals surface area contributed by atoms with Gasteiger partial charge in [-0.1, -0.05) is 11.6 Å². The van der Waals surface area contributed by atoms with Gasteiger partial charge < -0.3 is 5.32 Å². The zero-order valence-electron chi connectivity index (χ0n) is 11.1. The fourth-order valence-electron chi connectivity index (χ4n) is 3.01. The first-order valence-corrected chi connectivity index (χ1v) is 7.27. The van der Waals surface area contributed by atoms with Crippen molar-refractivity contribution in [2.75, 3.05) is 11.9 Å². The van der Waals surface area contributed by atoms with E-state index in [9.17, 15) is 0 Å². The molecule has 1 aromatic carbocycles. The maximum absolute atomic E-state index is 9.00. The Labute approximate surface area is 119 Å². The van der Waals surface area contributed by atoms with E-state index in [1.165, 1.54) is 19.3 Å². The summed E-state index contributed by atoms with van der Waals surface area (Å²) in [6, 6.07) is 9.66. The van der Waals surface area contributed by atoms with E-state index in [2.05, 4.69) is 23.2 Å². The summed E-state index contributed by atoms with van der Waals surface area (Å²) in [6.07, 6.45) is 3.88. The predicted molar refractivity (Wildman–Crippen MR) is 77.4 cm³/mol. The van der Waals surface area contributed by atoms with Crippen LogP contribution in [0.25, 0.3) is 0 Å². The lowest BCUT2D eigenvalue weighted by Crippen LogP contribution is -2.31. The Balaban J connectivity index is 1.67. The SMILES string of the molecule is CC1CC(Nc2ccc(Cl)c(C#N)c2)CN1C1CC1. The molecule has 2 atom stereocenters. The van der Waals surface area contributed by atoms with Gasteiger partial charge >= 0.3 is 0 Å². The fraction of sp³-hybridized carbons (Fsp3) is 0.533. The first-order chi connectivity index (χ1) is 9.17. The lowest BCUT2D eigenvalue weighted by Gasteiger charge is -2.20. The van der Waals surface area contributed by atoms with E-state index in [4.69, 9.17) is 16.9 Å². The average molecular weight is 276 g/mol. The first-order valence-electron chi connectivity index (χ1n) is 6.89. The van der Waals surface area contributed by atoms with Gasteiger partial charge in [0.25, 0.3) is 0 Å². The number of hydrogen-bond donors (Lipinski definition) is 1. The van der Waals surface area contributed by atoms with Crippen LogP contribution in [0.2, 0.25) is 5.02 Å². The van der Waals surface area contributed by atoms with Gasteiger partial charge in [-0.3, -0.25) is 4.90 Å². The number of anilines is 1. The molecule has 2 fully saturated rings. The molecule has 0 spiro atoms. The van der Waals surface area contributed by atoms with Crippen molar-refractivity contribution < 1.29 is 0 Å². The van der Waals surface area contributed by atoms with Crippen LogP contribution in [0.4, 0.5) is 5.69 Å². The second-order valence-corrected chi connectivity index (χ2v) is 6.07. The van der Waals surface area contributed by atoms with Crippen molar-refractivity contribution in [3.63, 3.8) is 0 Å². The van der Waals surface area contributed by atoms with Crippen LogP contribution >= 0.6 is 11.6 Å². The third-order valence-electron chi connectivity index (χ3n) is 4.10. The third kappa shape index (κ3) is 2.70. The molecule has 1 heterocycles. The predicted octanol–water partition coefficient (Wildman–Crippen LogP) is 3.25. The molecule has 100 valence electrons. The van der Waals surface area contributed by atoms with Crippen molar-refractivity contribution >= 4 is 17.3 Å². The number of benzene rings is 1. The number of halogens is 1. The van der Waals surface area contributed by atoms with Gasteiger partial charge in [0.15, 0.2) is 0 Å². The van der Waals surface area contributed by atoms with Crippen LogP contribution in [-0.2, 0) is 0 Å². The fourth-order valence-corrected chi connectivity index (χ4v) is 3.17. The molecule has 3 rings (SSSR count). The van der Waals surface area contributed by atoms with Gasteiger partial charge in [-0.25, -0.2) is 0 Å². The molecule has 1 saturated carbocycles. The van der Waals surface area contributed by atoms with E-state index in [0.29, 0.717) is 22.7 Å². The zero-order chi connectivity index (χ0) is 13.4. The Morgan fingerprint density at radius 2 is 2.21 bits per heavy atom. The minimum atomic E-state index is 0.475. The highest BCUT2D eigenvalue weighted by molar-refractivity contribution is 6.31. The third-order valence-corrected chi connectivity index (χ3v) is 4.43. The molecule has 0 bridgehead atoms. The maximum atomic E-state index is 9.00. The molecule has 1 aromatic rings. The van der Waals surface area contributed by atoms with Crippen molar-refractivity contribution in [3.05, 3.63) is 28.8 Å². The number of rotatable bonds is 3. The van der Waals surface area contributed by atoms with Crippen molar-refractivity contribution in [1.82, 2.24) is 4.90 Å². The minimum Gasteiger partial charge on any atom is -0.381 e. The van der Waals surface area contributed by atoms with Crippen LogP contribution < -0.4 is 5.32 Å². The monoisotopic (exact) mass is 275 g/mol. The van der Waals surface area contributed by atoms with Crippen LogP contribution in [0.15, 0.2) is 18.2 Å². The van der Waals surface area contributed by atoms with Crippen molar-refractivity contribution in [1.29, 1.82) is 5.26 Å². The molecule has 19 heavy (non-hydrogen) atoms. The van der Waals surface area contributed by atoms with E-state index in [0.717, 1.165) is 18.3 Å². The smallest absolute Gasteiger partial charge is 0.101 e. The molecule has 3 nitrogen and oxygen atoms in total. The number of nitrogens with zero attached hydrogens (tertiary/aromatic N) is 2. The number of nitrogens with one attached hydrogen (secondary N) is 1. The molecule has 0 radical (unpaired) electrons. The van der Waals surface area contributed by atoms with Gasteiger partial charge in [0.1, 0.15) is 6.07 Å². The summed E-state index contributed by atoms with van der Waals surface area (Å²) in [6.45, 7) is 3.42. The molecule has 0 amide bonds. The highest BCUT2D eigenvalue weighted by Crippen LogP contribution is 2.34. The number of nitriles is 1. The molecule has 4 heteroatoms. The van der Waals surface area contributed by atoms with Crippen LogP contribution in [0.3, 0.4) is 0 Å². The second-order valence-electron chi connectivity index (χ2n) is 5.66. The van der Waals surface area contributed by atoms with Crippen molar-refractivity contribution in [2.24, 2.45) is 0 Å². The normalized spacial score (nSPS) is 27.2. The Kier molecular flexibility index (Phi) is 3.38. The summed E-state index contributed by atoms with van der Waals surface area (Å²) in [5, 5.41) is 13.1. The van der Waals surface area contributed by atoms with Crippen LogP contribution in [0, 0.1) is 11.3 Å². The van der Waals surface area contributed by atoms with Crippen molar-refractivity contribution in [2.45, 2.75) is 44.3 Å². The highest BCUT2D eigenvalue weighted by Gasteiger charge is 2.38. The molecule has 1 aliphatic carbocycles. The van der Waals surface area contributed by atoms with Gasteiger partial charge in [0.05, 0.1) is 10.6 Å². The Hall–Kier alpha value is -1.24. The van der Waals surface area contributed by atoms with Crippen molar-refractivity contribution in [3.8, 4) is 6.07 Å². The van der Waals surface area contributed by atoms with Crippen LogP contribution in [-0.4, -0.2) is 29.6 Å². The minimum absolute atomic E-state index is 0.475. The van der Waals surface area contributed by atoms with E-state index < -0.39 is 0 Å². The molecule has 2 unspecified atom stereocenters. The largest absolute Gasteiger partial charge is 0.381 e. The van der Waals surface area contributed by atoms with Crippen LogP contribution in [0.5, 0.6) is 0 Å². The molecule has 1 N–H and O–H groups in total. The van der Waals surface area contributed by atoms with E-state index in [1.807, 2.05) is 12.1 Å². The molecular weight excluding hydrogens is 258 g/mol. The van der Waals surface area contributed by atoms with Gasteiger partial charge in [-0.2, -0.15) is 5.26 Å². The summed E-state index contributed by atoms with van der Waals surface area (Å²) >= 11 is 5.95. The topological polar surface area (TPSA) is 39.1 Å². The summed E-state index contributed by atoms with van der Waals surface area (Å²) in [7, 11) is 0. The maximum Gasteiger partial charge on any atom is 0.101 e. The molecular formula is C15H18ClN3. The Bertz CT molecular complexity index is 519. The summed E-state index contributed by atoms with van der Waals surface area (Å²) in [5.74, 6) is 0. The van der Waals surface area contributed by atoms with E-state index >= 15 is 0 Å². The average Bonchev–Trinajstić information content (AvgIpc) is 3.17. The highest BCUT2D eigenvalue weighted by atomic mass is 35.5. The summed E-state index contributed by atoms with van der Waals surface area (Å²) < 4.78 is 0. The number of likely N-dealkylation sites (tertiary alicyclic amines) is 1. The first kappa shape index (κ1) is 12.8. The number of hydrogen-bond acceptors (Lipinski definition) is 3. The summed E-state index contributed by atoms with van der Waals surface area (Å²) in [5.41, 5.74) is 1.53. The van der Waals surface area contributed by atoms with E-state index in [-0.39, 0.29) is 0 Å². The second kappa shape index (κ2) is 5.03. The molecule has 1 aliphatic heterocycles. The van der Waals surface area contributed by atoms with E-state index in [1.54, 1.807) is 6.07 Å². The molecule has 1 saturated heterocycles. The van der Waals surface area contributed by atoms with Gasteiger partial charge in [0, 0.05) is 30.4 Å². The lowest BCUT2D eigenvalue weighted by atomic mass is 10.1. The summed E-state index contributed by atoms with van der Waals surface area (Å²) in [4.78, 5) is 2.61. The zero-order valence-corrected chi connectivity index (χ0v) is 11.8. The standard InChI is InChI=1S/C15H18ClN3/c1-10-6-13(9-19(10)14-3-4-14)18-12-2-5-15(16)11(7-12)8-17/h2,5,7,10,13-14,18H,3-4,6,9H2,1H3. The van der Waals surface area contributed by atoms with Gasteiger partial charge in [0.2, 0.25) is 0 Å². The quantitative estimate of drug-likeness (QED) is 0.920. The Morgan fingerprint density at radius 1 is 1.42 bits per heavy atom. The lowest BCUT2D eigenvalue weighted by molar-refractivity contribution is 0.257. The van der Waals surface area contributed by atoms with Gasteiger partial charge in [-0.05, 0) is 44.4 Å².